The van der Waals surface area contributed by atoms with Crippen molar-refractivity contribution in [2.75, 3.05) is 19.6 Å². The van der Waals surface area contributed by atoms with Crippen LogP contribution in [0.4, 0.5) is 4.79 Å². The number of hydrogen-bond donors (Lipinski definition) is 1. The van der Waals surface area contributed by atoms with Gasteiger partial charge in [-0.2, -0.15) is 4.31 Å². The van der Waals surface area contributed by atoms with Crippen LogP contribution in [0.15, 0.2) is 59.5 Å². The van der Waals surface area contributed by atoms with Crippen molar-refractivity contribution in [1.29, 1.82) is 0 Å². The molecule has 0 spiro atoms. The molecule has 2 aromatic carbocycles. The van der Waals surface area contributed by atoms with Gasteiger partial charge in [0.05, 0.1) is 10.9 Å². The number of likely N-dealkylation sites (tertiary alicyclic amines) is 1. The molecule has 6 nitrogen and oxygen atoms in total. The number of hydrogen-bond acceptors (Lipinski definition) is 3. The van der Waals surface area contributed by atoms with Gasteiger partial charge in [-0.05, 0) is 50.3 Å². The molecule has 4 rings (SSSR count). The standard InChI is InChI=1S/C23H29N3O3S/c1-18-9-11-21(12-10-18)30(28,29)25-16-13-20(14-17-25)24-23(27)26-15-5-8-22(26)19-6-3-2-4-7-19/h2-4,6-7,9-12,20,22H,5,8,13-17H2,1H3,(H,24,27). The van der Waals surface area contributed by atoms with Gasteiger partial charge in [0.2, 0.25) is 10.0 Å². The first-order valence-electron chi connectivity index (χ1n) is 10.6. The quantitative estimate of drug-likeness (QED) is 0.809. The number of carbonyl (C=O) groups is 1. The zero-order valence-electron chi connectivity index (χ0n) is 17.3. The molecule has 1 atom stereocenters. The molecule has 0 saturated carbocycles. The van der Waals surface area contributed by atoms with Crippen molar-refractivity contribution in [3.63, 3.8) is 0 Å². The minimum Gasteiger partial charge on any atom is -0.335 e. The lowest BCUT2D eigenvalue weighted by Crippen LogP contribution is -2.50. The Bertz CT molecular complexity index is 969. The molecule has 7 heteroatoms. The molecular formula is C23H29N3O3S. The van der Waals surface area contributed by atoms with E-state index in [2.05, 4.69) is 17.4 Å². The summed E-state index contributed by atoms with van der Waals surface area (Å²) in [6, 6.07) is 17.2. The molecule has 2 amide bonds. The predicted octanol–water partition coefficient (Wildman–Crippen LogP) is 3.69. The van der Waals surface area contributed by atoms with Gasteiger partial charge >= 0.3 is 6.03 Å². The summed E-state index contributed by atoms with van der Waals surface area (Å²) in [6.07, 6.45) is 3.23. The van der Waals surface area contributed by atoms with Crippen LogP contribution in [-0.2, 0) is 10.0 Å². The van der Waals surface area contributed by atoms with Gasteiger partial charge in [-0.1, -0.05) is 48.0 Å². The van der Waals surface area contributed by atoms with E-state index in [-0.39, 0.29) is 18.1 Å². The fourth-order valence-electron chi connectivity index (χ4n) is 4.39. The van der Waals surface area contributed by atoms with Crippen molar-refractivity contribution in [3.8, 4) is 0 Å². The van der Waals surface area contributed by atoms with Crippen LogP contribution in [0.3, 0.4) is 0 Å². The maximum atomic E-state index is 12.9. The summed E-state index contributed by atoms with van der Waals surface area (Å²) in [4.78, 5) is 15.2. The lowest BCUT2D eigenvalue weighted by molar-refractivity contribution is 0.182. The smallest absolute Gasteiger partial charge is 0.318 e. The molecule has 2 aliphatic heterocycles. The Labute approximate surface area is 178 Å². The summed E-state index contributed by atoms with van der Waals surface area (Å²) in [7, 11) is -3.48. The second kappa shape index (κ2) is 8.78. The number of rotatable bonds is 4. The van der Waals surface area contributed by atoms with Crippen molar-refractivity contribution < 1.29 is 13.2 Å². The average molecular weight is 428 g/mol. The van der Waals surface area contributed by atoms with Crippen molar-refractivity contribution in [3.05, 3.63) is 65.7 Å². The van der Waals surface area contributed by atoms with Gasteiger partial charge in [0.15, 0.2) is 0 Å². The van der Waals surface area contributed by atoms with Crippen molar-refractivity contribution in [2.24, 2.45) is 0 Å². The Morgan fingerprint density at radius 3 is 2.27 bits per heavy atom. The number of piperidine rings is 1. The van der Waals surface area contributed by atoms with Crippen LogP contribution in [0.1, 0.15) is 42.9 Å². The number of carbonyl (C=O) groups excluding carboxylic acids is 1. The molecular weight excluding hydrogens is 398 g/mol. The Morgan fingerprint density at radius 2 is 1.60 bits per heavy atom. The van der Waals surface area contributed by atoms with Crippen LogP contribution in [0.5, 0.6) is 0 Å². The number of benzene rings is 2. The largest absolute Gasteiger partial charge is 0.335 e. The summed E-state index contributed by atoms with van der Waals surface area (Å²) >= 11 is 0. The topological polar surface area (TPSA) is 69.7 Å². The van der Waals surface area contributed by atoms with E-state index in [9.17, 15) is 13.2 Å². The van der Waals surface area contributed by atoms with Crippen LogP contribution in [0.25, 0.3) is 0 Å². The van der Waals surface area contributed by atoms with Crippen LogP contribution < -0.4 is 5.32 Å². The molecule has 2 fully saturated rings. The third-order valence-corrected chi connectivity index (χ3v) is 8.05. The normalized spacial score (nSPS) is 21.0. The molecule has 2 heterocycles. The van der Waals surface area contributed by atoms with Crippen molar-refractivity contribution >= 4 is 16.1 Å². The first-order valence-corrected chi connectivity index (χ1v) is 12.1. The number of aryl methyl sites for hydroxylation is 1. The zero-order chi connectivity index (χ0) is 21.1. The highest BCUT2D eigenvalue weighted by molar-refractivity contribution is 7.89. The van der Waals surface area contributed by atoms with Gasteiger partial charge in [-0.15, -0.1) is 0 Å². The first-order chi connectivity index (χ1) is 14.4. The molecule has 30 heavy (non-hydrogen) atoms. The van der Waals surface area contributed by atoms with E-state index in [4.69, 9.17) is 0 Å². The number of urea groups is 1. The van der Waals surface area contributed by atoms with Gasteiger partial charge in [-0.25, -0.2) is 13.2 Å². The molecule has 0 aromatic heterocycles. The molecule has 0 aliphatic carbocycles. The number of nitrogens with zero attached hydrogens (tertiary/aromatic N) is 2. The van der Waals surface area contributed by atoms with E-state index < -0.39 is 10.0 Å². The monoisotopic (exact) mass is 427 g/mol. The highest BCUT2D eigenvalue weighted by Gasteiger charge is 2.33. The lowest BCUT2D eigenvalue weighted by Gasteiger charge is -2.33. The molecule has 0 radical (unpaired) electrons. The Hall–Kier alpha value is -2.38. The zero-order valence-corrected chi connectivity index (χ0v) is 18.1. The Kier molecular flexibility index (Phi) is 6.11. The third kappa shape index (κ3) is 4.37. The summed E-state index contributed by atoms with van der Waals surface area (Å²) in [5.74, 6) is 0. The Balaban J connectivity index is 1.34. The fourth-order valence-corrected chi connectivity index (χ4v) is 5.86. The average Bonchev–Trinajstić information content (AvgIpc) is 3.25. The van der Waals surface area contributed by atoms with E-state index in [1.165, 1.54) is 9.87 Å². The molecule has 1 unspecified atom stereocenters. The molecule has 2 saturated heterocycles. The Morgan fingerprint density at radius 1 is 0.933 bits per heavy atom. The van der Waals surface area contributed by atoms with E-state index >= 15 is 0 Å². The second-order valence-corrected chi connectivity index (χ2v) is 10.1. The molecule has 1 N–H and O–H groups in total. The summed E-state index contributed by atoms with van der Waals surface area (Å²) in [5, 5.41) is 3.15. The highest BCUT2D eigenvalue weighted by atomic mass is 32.2. The van der Waals surface area contributed by atoms with Gasteiger partial charge in [-0.3, -0.25) is 0 Å². The van der Waals surface area contributed by atoms with Crippen LogP contribution in [0, 0.1) is 6.92 Å². The predicted molar refractivity (Wildman–Crippen MR) is 117 cm³/mol. The molecule has 160 valence electrons. The minimum absolute atomic E-state index is 0.000934. The van der Waals surface area contributed by atoms with Crippen LogP contribution >= 0.6 is 0 Å². The number of nitrogens with one attached hydrogen (secondary N) is 1. The van der Waals surface area contributed by atoms with Gasteiger partial charge < -0.3 is 10.2 Å². The lowest BCUT2D eigenvalue weighted by atomic mass is 10.0. The van der Waals surface area contributed by atoms with Gasteiger partial charge in [0.1, 0.15) is 0 Å². The molecule has 0 bridgehead atoms. The maximum Gasteiger partial charge on any atom is 0.318 e. The van der Waals surface area contributed by atoms with E-state index in [1.807, 2.05) is 42.2 Å². The van der Waals surface area contributed by atoms with Gasteiger partial charge in [0, 0.05) is 25.7 Å². The van der Waals surface area contributed by atoms with E-state index in [1.54, 1.807) is 12.1 Å². The summed E-state index contributed by atoms with van der Waals surface area (Å²) in [6.45, 7) is 3.53. The van der Waals surface area contributed by atoms with Crippen LogP contribution in [-0.4, -0.2) is 49.3 Å². The first kappa shape index (κ1) is 20.9. The SMILES string of the molecule is Cc1ccc(S(=O)(=O)N2CCC(NC(=O)N3CCCC3c3ccccc3)CC2)cc1. The molecule has 2 aliphatic rings. The van der Waals surface area contributed by atoms with Crippen molar-refractivity contribution in [1.82, 2.24) is 14.5 Å². The summed E-state index contributed by atoms with van der Waals surface area (Å²) in [5.41, 5.74) is 2.20. The van der Waals surface area contributed by atoms with E-state index in [0.717, 1.165) is 24.9 Å². The summed E-state index contributed by atoms with van der Waals surface area (Å²) < 4.78 is 27.3. The highest BCUT2D eigenvalue weighted by Crippen LogP contribution is 2.32. The van der Waals surface area contributed by atoms with Crippen molar-refractivity contribution in [2.45, 2.75) is 49.6 Å². The molecule has 2 aromatic rings. The number of amides is 2. The van der Waals surface area contributed by atoms with Gasteiger partial charge in [0.25, 0.3) is 0 Å². The van der Waals surface area contributed by atoms with E-state index in [0.29, 0.717) is 30.8 Å². The van der Waals surface area contributed by atoms with Crippen LogP contribution in [0.2, 0.25) is 0 Å². The number of sulfonamides is 1. The minimum atomic E-state index is -3.48. The second-order valence-electron chi connectivity index (χ2n) is 8.20. The fraction of sp³-hybridized carbons (Fsp3) is 0.435. The third-order valence-electron chi connectivity index (χ3n) is 6.14. The maximum absolute atomic E-state index is 12.9.